The minimum atomic E-state index is 0.0627. The summed E-state index contributed by atoms with van der Waals surface area (Å²) in [7, 11) is 0. The highest BCUT2D eigenvalue weighted by molar-refractivity contribution is 5.16. The van der Waals surface area contributed by atoms with Gasteiger partial charge in [0, 0.05) is 24.1 Å². The molecular formula is C11H17NO2. The van der Waals surface area contributed by atoms with Crippen LogP contribution in [0.5, 0.6) is 0 Å². The highest BCUT2D eigenvalue weighted by Crippen LogP contribution is 2.27. The Kier molecular flexibility index (Phi) is 2.89. The number of ether oxygens (including phenoxy) is 1. The Balaban J connectivity index is 2.03. The van der Waals surface area contributed by atoms with Crippen molar-refractivity contribution in [3.05, 3.63) is 23.7 Å². The molecule has 0 spiro atoms. The molecule has 1 aromatic rings. The third-order valence-corrected chi connectivity index (χ3v) is 2.84. The Labute approximate surface area is 84.2 Å². The molecule has 1 aromatic heterocycles. The van der Waals surface area contributed by atoms with Gasteiger partial charge in [-0.3, -0.25) is 0 Å². The van der Waals surface area contributed by atoms with Crippen molar-refractivity contribution < 1.29 is 9.15 Å². The maximum Gasteiger partial charge on any atom is 0.101 e. The van der Waals surface area contributed by atoms with Crippen molar-refractivity contribution in [1.29, 1.82) is 0 Å². The molecule has 14 heavy (non-hydrogen) atoms. The standard InChI is InChI=1S/C11H17NO2/c1-8-5-10(7-14-8)11(12)9-3-2-4-13-6-9/h5,7,9,11H,2-4,6,12H2,1H3. The lowest BCUT2D eigenvalue weighted by Gasteiger charge is -2.26. The van der Waals surface area contributed by atoms with Crippen LogP contribution in [0, 0.1) is 12.8 Å². The van der Waals surface area contributed by atoms with Gasteiger partial charge in [0.05, 0.1) is 12.9 Å². The van der Waals surface area contributed by atoms with Gasteiger partial charge < -0.3 is 14.9 Å². The van der Waals surface area contributed by atoms with Gasteiger partial charge in [-0.2, -0.15) is 0 Å². The topological polar surface area (TPSA) is 48.4 Å². The molecule has 0 bridgehead atoms. The summed E-state index contributed by atoms with van der Waals surface area (Å²) < 4.78 is 10.7. The molecule has 0 aliphatic carbocycles. The molecule has 3 nitrogen and oxygen atoms in total. The van der Waals surface area contributed by atoms with Gasteiger partial charge >= 0.3 is 0 Å². The smallest absolute Gasteiger partial charge is 0.101 e. The van der Waals surface area contributed by atoms with Crippen molar-refractivity contribution in [2.45, 2.75) is 25.8 Å². The van der Waals surface area contributed by atoms with Crippen LogP contribution in [-0.4, -0.2) is 13.2 Å². The molecule has 2 N–H and O–H groups in total. The first kappa shape index (κ1) is 9.74. The molecule has 2 heterocycles. The lowest BCUT2D eigenvalue weighted by Crippen LogP contribution is -2.28. The van der Waals surface area contributed by atoms with Crippen LogP contribution >= 0.6 is 0 Å². The average Bonchev–Trinajstić information content (AvgIpc) is 2.65. The first-order valence-corrected chi connectivity index (χ1v) is 5.16. The lowest BCUT2D eigenvalue weighted by atomic mass is 9.91. The zero-order chi connectivity index (χ0) is 9.97. The van der Waals surface area contributed by atoms with E-state index in [0.29, 0.717) is 5.92 Å². The summed E-state index contributed by atoms with van der Waals surface area (Å²) in [6.45, 7) is 3.60. The zero-order valence-electron chi connectivity index (χ0n) is 8.53. The van der Waals surface area contributed by atoms with Crippen LogP contribution in [0.4, 0.5) is 0 Å². The van der Waals surface area contributed by atoms with Crippen LogP contribution in [0.25, 0.3) is 0 Å². The van der Waals surface area contributed by atoms with E-state index in [4.69, 9.17) is 14.9 Å². The highest BCUT2D eigenvalue weighted by Gasteiger charge is 2.23. The number of rotatable bonds is 2. The lowest BCUT2D eigenvalue weighted by molar-refractivity contribution is 0.0447. The van der Waals surface area contributed by atoms with Gasteiger partial charge in [-0.05, 0) is 25.8 Å². The molecule has 2 rings (SSSR count). The van der Waals surface area contributed by atoms with Crippen molar-refractivity contribution >= 4 is 0 Å². The normalized spacial score (nSPS) is 24.9. The van der Waals surface area contributed by atoms with Crippen LogP contribution in [0.1, 0.15) is 30.2 Å². The molecular weight excluding hydrogens is 178 g/mol. The Morgan fingerprint density at radius 1 is 1.57 bits per heavy atom. The Bertz CT molecular complexity index is 289. The third-order valence-electron chi connectivity index (χ3n) is 2.84. The van der Waals surface area contributed by atoms with Gasteiger partial charge in [-0.15, -0.1) is 0 Å². The molecule has 0 aromatic carbocycles. The number of hydrogen-bond acceptors (Lipinski definition) is 3. The maximum absolute atomic E-state index is 6.14. The Morgan fingerprint density at radius 3 is 3.00 bits per heavy atom. The fraction of sp³-hybridized carbons (Fsp3) is 0.636. The second-order valence-corrected chi connectivity index (χ2v) is 3.99. The summed E-state index contributed by atoms with van der Waals surface area (Å²) >= 11 is 0. The summed E-state index contributed by atoms with van der Waals surface area (Å²) in [4.78, 5) is 0. The molecule has 1 fully saturated rings. The molecule has 78 valence electrons. The van der Waals surface area contributed by atoms with Crippen LogP contribution in [-0.2, 0) is 4.74 Å². The van der Waals surface area contributed by atoms with E-state index in [1.807, 2.05) is 13.0 Å². The molecule has 2 unspecified atom stereocenters. The molecule has 1 aliphatic rings. The summed E-state index contributed by atoms with van der Waals surface area (Å²) in [5.74, 6) is 1.37. The molecule has 0 saturated carbocycles. The van der Waals surface area contributed by atoms with Crippen LogP contribution in [0.15, 0.2) is 16.7 Å². The monoisotopic (exact) mass is 195 g/mol. The summed E-state index contributed by atoms with van der Waals surface area (Å²) in [6, 6.07) is 2.08. The average molecular weight is 195 g/mol. The second-order valence-electron chi connectivity index (χ2n) is 3.99. The molecule has 3 heteroatoms. The fourth-order valence-corrected chi connectivity index (χ4v) is 1.96. The van der Waals surface area contributed by atoms with Crippen molar-refractivity contribution in [2.75, 3.05) is 13.2 Å². The van der Waals surface area contributed by atoms with E-state index in [0.717, 1.165) is 37.4 Å². The molecule has 0 amide bonds. The predicted molar refractivity (Wildman–Crippen MR) is 53.9 cm³/mol. The summed E-state index contributed by atoms with van der Waals surface area (Å²) in [5, 5.41) is 0. The largest absolute Gasteiger partial charge is 0.469 e. The van der Waals surface area contributed by atoms with Gasteiger partial charge in [0.2, 0.25) is 0 Å². The van der Waals surface area contributed by atoms with Crippen LogP contribution < -0.4 is 5.73 Å². The quantitative estimate of drug-likeness (QED) is 0.785. The van der Waals surface area contributed by atoms with E-state index in [-0.39, 0.29) is 6.04 Å². The van der Waals surface area contributed by atoms with Crippen molar-refractivity contribution in [3.8, 4) is 0 Å². The third kappa shape index (κ3) is 1.99. The minimum Gasteiger partial charge on any atom is -0.469 e. The Morgan fingerprint density at radius 2 is 2.43 bits per heavy atom. The van der Waals surface area contributed by atoms with E-state index >= 15 is 0 Å². The van der Waals surface area contributed by atoms with E-state index in [9.17, 15) is 0 Å². The molecule has 0 radical (unpaired) electrons. The predicted octanol–water partition coefficient (Wildman–Crippen LogP) is 2.01. The maximum atomic E-state index is 6.14. The van der Waals surface area contributed by atoms with Gasteiger partial charge in [0.15, 0.2) is 0 Å². The number of aryl methyl sites for hydroxylation is 1. The van der Waals surface area contributed by atoms with Gasteiger partial charge in [-0.1, -0.05) is 0 Å². The molecule has 2 atom stereocenters. The minimum absolute atomic E-state index is 0.0627. The first-order valence-electron chi connectivity index (χ1n) is 5.16. The van der Waals surface area contributed by atoms with Crippen LogP contribution in [0.2, 0.25) is 0 Å². The SMILES string of the molecule is Cc1cc(C(N)C2CCCOC2)co1. The van der Waals surface area contributed by atoms with E-state index in [2.05, 4.69) is 0 Å². The van der Waals surface area contributed by atoms with Crippen LogP contribution in [0.3, 0.4) is 0 Å². The zero-order valence-corrected chi connectivity index (χ0v) is 8.53. The van der Waals surface area contributed by atoms with Crippen molar-refractivity contribution in [2.24, 2.45) is 11.7 Å². The second kappa shape index (κ2) is 4.15. The van der Waals surface area contributed by atoms with Crippen molar-refractivity contribution in [3.63, 3.8) is 0 Å². The fourth-order valence-electron chi connectivity index (χ4n) is 1.96. The first-order chi connectivity index (χ1) is 6.77. The number of furan rings is 1. The van der Waals surface area contributed by atoms with Gasteiger partial charge in [0.25, 0.3) is 0 Å². The van der Waals surface area contributed by atoms with Crippen molar-refractivity contribution in [1.82, 2.24) is 0 Å². The number of hydrogen-bond donors (Lipinski definition) is 1. The highest BCUT2D eigenvalue weighted by atomic mass is 16.5. The Hall–Kier alpha value is -0.800. The van der Waals surface area contributed by atoms with Gasteiger partial charge in [0.1, 0.15) is 5.76 Å². The number of nitrogens with two attached hydrogens (primary N) is 1. The van der Waals surface area contributed by atoms with E-state index in [1.165, 1.54) is 0 Å². The summed E-state index contributed by atoms with van der Waals surface area (Å²) in [5.41, 5.74) is 7.24. The molecule has 1 aliphatic heterocycles. The van der Waals surface area contributed by atoms with Gasteiger partial charge in [-0.25, -0.2) is 0 Å². The van der Waals surface area contributed by atoms with E-state index in [1.54, 1.807) is 6.26 Å². The van der Waals surface area contributed by atoms with E-state index < -0.39 is 0 Å². The summed E-state index contributed by atoms with van der Waals surface area (Å²) in [6.07, 6.45) is 4.04. The molecule has 1 saturated heterocycles.